The Morgan fingerprint density at radius 1 is 0.800 bits per heavy atom. The molecule has 0 radical (unpaired) electrons. The predicted octanol–water partition coefficient (Wildman–Crippen LogP) is 4.49. The van der Waals surface area contributed by atoms with Crippen LogP contribution in [0.2, 0.25) is 0 Å². The number of hydrogen-bond acceptors (Lipinski definition) is 0. The maximum atomic E-state index is 2.18. The molecule has 0 atom stereocenters. The molecular weight excluding hydrogens is 120 g/mol. The van der Waals surface area contributed by atoms with Crippen molar-refractivity contribution in [3.05, 3.63) is 0 Å². The summed E-state index contributed by atoms with van der Waals surface area (Å²) in [5.41, 5.74) is 0. The van der Waals surface area contributed by atoms with Gasteiger partial charge in [0.25, 0.3) is 0 Å². The second kappa shape index (κ2) is 23.0. The molecule has 0 aliphatic carbocycles. The van der Waals surface area contributed by atoms with Crippen molar-refractivity contribution in [1.82, 2.24) is 0 Å². The van der Waals surface area contributed by atoms with E-state index in [1.807, 2.05) is 13.8 Å². The van der Waals surface area contributed by atoms with Crippen LogP contribution < -0.4 is 0 Å². The lowest BCUT2D eigenvalue weighted by Crippen LogP contribution is -1.66. The summed E-state index contributed by atoms with van der Waals surface area (Å²) in [6.45, 7) is 14.9. The third-order valence-electron chi connectivity index (χ3n) is 0.500. The molecule has 0 aromatic heterocycles. The molecule has 0 aliphatic rings. The first-order chi connectivity index (χ1) is 4.65. The normalized spacial score (nSPS) is 7.20. The maximum absolute atomic E-state index is 2.18. The Labute approximate surface area is 68.0 Å². The first-order valence-corrected chi connectivity index (χ1v) is 4.65. The molecule has 0 saturated heterocycles. The van der Waals surface area contributed by atoms with E-state index < -0.39 is 0 Å². The van der Waals surface area contributed by atoms with E-state index in [1.54, 1.807) is 0 Å². The van der Waals surface area contributed by atoms with Gasteiger partial charge < -0.3 is 0 Å². The van der Waals surface area contributed by atoms with Gasteiger partial charge in [0.2, 0.25) is 0 Å². The highest BCUT2D eigenvalue weighted by Crippen LogP contribution is 1.81. The minimum Gasteiger partial charge on any atom is -0.0683 e. The second-order valence-corrected chi connectivity index (χ2v) is 2.73. The first kappa shape index (κ1) is 16.5. The van der Waals surface area contributed by atoms with Crippen LogP contribution in [0, 0.1) is 5.92 Å². The van der Waals surface area contributed by atoms with E-state index in [4.69, 9.17) is 0 Å². The minimum atomic E-state index is 0.833. The molecule has 0 nitrogen and oxygen atoms in total. The molecule has 0 unspecified atom stereocenters. The molecule has 66 valence electrons. The molecule has 0 amide bonds. The van der Waals surface area contributed by atoms with Gasteiger partial charge in [-0.05, 0) is 5.92 Å². The lowest BCUT2D eigenvalue weighted by Gasteiger charge is -1.79. The Kier molecular flexibility index (Phi) is 38.1. The topological polar surface area (TPSA) is 0 Å². The van der Waals surface area contributed by atoms with Gasteiger partial charge in [-0.15, -0.1) is 0 Å². The van der Waals surface area contributed by atoms with Crippen molar-refractivity contribution in [3.63, 3.8) is 0 Å². The van der Waals surface area contributed by atoms with Crippen molar-refractivity contribution < 1.29 is 0 Å². The standard InChI is InChI=1S/2C4H10.C2H6/c1-4(2)3;1-3-4-2;1-2/h4H,1-3H3;3-4H2,1-2H3;1-2H3. The van der Waals surface area contributed by atoms with E-state index in [0.717, 1.165) is 5.92 Å². The Morgan fingerprint density at radius 2 is 0.900 bits per heavy atom. The molecule has 0 spiro atoms. The van der Waals surface area contributed by atoms with Crippen molar-refractivity contribution >= 4 is 0 Å². The van der Waals surface area contributed by atoms with Crippen LogP contribution in [0.15, 0.2) is 0 Å². The Bertz CT molecular complexity index is 16.5. The maximum Gasteiger partial charge on any atom is -0.0500 e. The molecule has 0 heterocycles. The highest BCUT2D eigenvalue weighted by atomic mass is 13.7. The van der Waals surface area contributed by atoms with E-state index in [2.05, 4.69) is 34.6 Å². The van der Waals surface area contributed by atoms with Gasteiger partial charge in [0.15, 0.2) is 0 Å². The zero-order valence-electron chi connectivity index (χ0n) is 8.99. The average Bonchev–Trinajstić information content (AvgIpc) is 1.91. The largest absolute Gasteiger partial charge is 0.0683 e. The summed E-state index contributed by atoms with van der Waals surface area (Å²) in [6, 6.07) is 0. The molecule has 0 aromatic carbocycles. The summed E-state index contributed by atoms with van der Waals surface area (Å²) < 4.78 is 0. The highest BCUT2D eigenvalue weighted by Gasteiger charge is 1.68. The SMILES string of the molecule is CC.CC(C)C.CCCC. The molecule has 0 rings (SSSR count). The van der Waals surface area contributed by atoms with Gasteiger partial charge in [-0.2, -0.15) is 0 Å². The highest BCUT2D eigenvalue weighted by molar-refractivity contribution is 4.20. The lowest BCUT2D eigenvalue weighted by molar-refractivity contribution is 0.737. The Morgan fingerprint density at radius 3 is 0.900 bits per heavy atom. The van der Waals surface area contributed by atoms with Gasteiger partial charge in [-0.1, -0.05) is 61.3 Å². The van der Waals surface area contributed by atoms with E-state index >= 15 is 0 Å². The van der Waals surface area contributed by atoms with Gasteiger partial charge >= 0.3 is 0 Å². The summed E-state index contributed by atoms with van der Waals surface area (Å²) in [5.74, 6) is 0.833. The van der Waals surface area contributed by atoms with Gasteiger partial charge in [0.1, 0.15) is 0 Å². The molecule has 0 heteroatoms. The summed E-state index contributed by atoms with van der Waals surface area (Å²) >= 11 is 0. The van der Waals surface area contributed by atoms with Crippen LogP contribution in [0.3, 0.4) is 0 Å². The zero-order chi connectivity index (χ0) is 8.99. The van der Waals surface area contributed by atoms with Crippen molar-refractivity contribution in [2.24, 2.45) is 5.92 Å². The van der Waals surface area contributed by atoms with Crippen LogP contribution in [0.5, 0.6) is 0 Å². The second-order valence-electron chi connectivity index (χ2n) is 2.73. The molecule has 0 saturated carbocycles. The fourth-order valence-electron chi connectivity index (χ4n) is 0. The fraction of sp³-hybridized carbons (Fsp3) is 1.00. The predicted molar refractivity (Wildman–Crippen MR) is 52.4 cm³/mol. The third-order valence-corrected chi connectivity index (χ3v) is 0.500. The smallest absolute Gasteiger partial charge is 0.0500 e. The number of hydrogen-bond donors (Lipinski definition) is 0. The molecular formula is C10H26. The summed E-state index contributed by atoms with van der Waals surface area (Å²) in [4.78, 5) is 0. The first-order valence-electron chi connectivity index (χ1n) is 4.65. The minimum absolute atomic E-state index is 0.833. The molecule has 0 fully saturated rings. The van der Waals surface area contributed by atoms with E-state index in [0.29, 0.717) is 0 Å². The summed E-state index contributed by atoms with van der Waals surface area (Å²) in [6.07, 6.45) is 2.64. The van der Waals surface area contributed by atoms with Crippen molar-refractivity contribution in [2.75, 3.05) is 0 Å². The van der Waals surface area contributed by atoms with Crippen LogP contribution in [0.4, 0.5) is 0 Å². The molecule has 0 aliphatic heterocycles. The van der Waals surface area contributed by atoms with Gasteiger partial charge in [0.05, 0.1) is 0 Å². The molecule has 0 N–H and O–H groups in total. The fourth-order valence-corrected chi connectivity index (χ4v) is 0. The van der Waals surface area contributed by atoms with Crippen LogP contribution >= 0.6 is 0 Å². The Balaban J connectivity index is -0.0000000787. The van der Waals surface area contributed by atoms with Gasteiger partial charge in [-0.3, -0.25) is 0 Å². The van der Waals surface area contributed by atoms with Crippen LogP contribution in [-0.2, 0) is 0 Å². The Hall–Kier alpha value is 0. The molecule has 0 bridgehead atoms. The number of rotatable bonds is 1. The van der Waals surface area contributed by atoms with Crippen LogP contribution in [-0.4, -0.2) is 0 Å². The van der Waals surface area contributed by atoms with Crippen molar-refractivity contribution in [3.8, 4) is 0 Å². The van der Waals surface area contributed by atoms with E-state index in [1.165, 1.54) is 12.8 Å². The zero-order valence-corrected chi connectivity index (χ0v) is 8.99. The van der Waals surface area contributed by atoms with Gasteiger partial charge in [0, 0.05) is 0 Å². The average molecular weight is 146 g/mol. The summed E-state index contributed by atoms with van der Waals surface area (Å²) in [5, 5.41) is 0. The van der Waals surface area contributed by atoms with Crippen LogP contribution in [0.25, 0.3) is 0 Å². The monoisotopic (exact) mass is 146 g/mol. The third kappa shape index (κ3) is 392. The van der Waals surface area contributed by atoms with E-state index in [-0.39, 0.29) is 0 Å². The molecule has 0 aromatic rings. The number of unbranched alkanes of at least 4 members (excludes halogenated alkanes) is 1. The van der Waals surface area contributed by atoms with E-state index in [9.17, 15) is 0 Å². The van der Waals surface area contributed by atoms with Gasteiger partial charge in [-0.25, -0.2) is 0 Å². The lowest BCUT2D eigenvalue weighted by atomic mass is 10.3. The van der Waals surface area contributed by atoms with Crippen LogP contribution in [0.1, 0.15) is 61.3 Å². The van der Waals surface area contributed by atoms with Crippen molar-refractivity contribution in [2.45, 2.75) is 61.3 Å². The summed E-state index contributed by atoms with van der Waals surface area (Å²) in [7, 11) is 0. The quantitative estimate of drug-likeness (QED) is 0.511. The molecule has 10 heavy (non-hydrogen) atoms. The van der Waals surface area contributed by atoms with Crippen molar-refractivity contribution in [1.29, 1.82) is 0 Å².